The fourth-order valence-electron chi connectivity index (χ4n) is 1.77. The zero-order valence-corrected chi connectivity index (χ0v) is 10.3. The summed E-state index contributed by atoms with van der Waals surface area (Å²) in [6, 6.07) is 9.07. The first-order valence-corrected chi connectivity index (χ1v) is 6.16. The van der Waals surface area contributed by atoms with Gasteiger partial charge in [-0.25, -0.2) is 0 Å². The van der Waals surface area contributed by atoms with Gasteiger partial charge in [-0.1, -0.05) is 12.1 Å². The molecule has 0 aromatic heterocycles. The molecule has 76 valence electrons. The molecule has 0 spiro atoms. The van der Waals surface area contributed by atoms with Crippen LogP contribution in [0.15, 0.2) is 24.3 Å². The normalized spacial score (nSPS) is 21.1. The van der Waals surface area contributed by atoms with Gasteiger partial charge in [0.2, 0.25) is 0 Å². The summed E-state index contributed by atoms with van der Waals surface area (Å²) in [6.07, 6.45) is 2.62. The minimum atomic E-state index is 0.658. The van der Waals surface area contributed by atoms with Crippen molar-refractivity contribution in [3.8, 4) is 0 Å². The van der Waals surface area contributed by atoms with E-state index in [0.717, 1.165) is 6.54 Å². The van der Waals surface area contributed by atoms with Crippen LogP contribution in [0.25, 0.3) is 0 Å². The molecule has 1 saturated heterocycles. The quantitative estimate of drug-likeness (QED) is 0.838. The fraction of sp³-hybridized carbons (Fsp3) is 0.455. The smallest absolute Gasteiger partial charge is 0.0476 e. The van der Waals surface area contributed by atoms with Crippen molar-refractivity contribution < 1.29 is 0 Å². The van der Waals surface area contributed by atoms with Crippen LogP contribution in [-0.2, 0) is 0 Å². The average molecular weight is 302 g/mol. The van der Waals surface area contributed by atoms with E-state index in [2.05, 4.69) is 57.5 Å². The Morgan fingerprint density at radius 3 is 3.00 bits per heavy atom. The lowest BCUT2D eigenvalue weighted by atomic mass is 10.2. The number of para-hydroxylation sites is 1. The van der Waals surface area contributed by atoms with Crippen molar-refractivity contribution in [2.24, 2.45) is 0 Å². The summed E-state index contributed by atoms with van der Waals surface area (Å²) >= 11 is 2.36. The van der Waals surface area contributed by atoms with Gasteiger partial charge < -0.3 is 10.6 Å². The van der Waals surface area contributed by atoms with Crippen molar-refractivity contribution in [1.82, 2.24) is 5.32 Å². The third kappa shape index (κ3) is 2.60. The molecule has 0 bridgehead atoms. The molecule has 0 aliphatic carbocycles. The van der Waals surface area contributed by atoms with Crippen molar-refractivity contribution in [1.29, 1.82) is 0 Å². The molecule has 1 aromatic rings. The van der Waals surface area contributed by atoms with Crippen LogP contribution in [0.4, 0.5) is 5.69 Å². The van der Waals surface area contributed by atoms with Gasteiger partial charge in [0, 0.05) is 21.8 Å². The van der Waals surface area contributed by atoms with E-state index < -0.39 is 0 Å². The Labute approximate surface area is 98.6 Å². The van der Waals surface area contributed by atoms with E-state index in [9.17, 15) is 0 Å². The first kappa shape index (κ1) is 10.2. The summed E-state index contributed by atoms with van der Waals surface area (Å²) in [7, 11) is 0. The number of benzene rings is 1. The largest absolute Gasteiger partial charge is 0.383 e. The second-order valence-electron chi connectivity index (χ2n) is 3.65. The first-order chi connectivity index (χ1) is 6.86. The lowest BCUT2D eigenvalue weighted by Gasteiger charge is -2.13. The third-order valence-electron chi connectivity index (χ3n) is 2.58. The minimum Gasteiger partial charge on any atom is -0.383 e. The Morgan fingerprint density at radius 1 is 1.43 bits per heavy atom. The van der Waals surface area contributed by atoms with Crippen molar-refractivity contribution in [2.75, 3.05) is 18.4 Å². The molecule has 1 fully saturated rings. The Hall–Kier alpha value is -0.290. The van der Waals surface area contributed by atoms with E-state index in [1.807, 2.05) is 0 Å². The maximum atomic E-state index is 3.48. The Morgan fingerprint density at radius 2 is 2.29 bits per heavy atom. The van der Waals surface area contributed by atoms with Crippen LogP contribution < -0.4 is 10.6 Å². The maximum Gasteiger partial charge on any atom is 0.0476 e. The van der Waals surface area contributed by atoms with Gasteiger partial charge in [-0.2, -0.15) is 0 Å². The van der Waals surface area contributed by atoms with Crippen molar-refractivity contribution >= 4 is 28.3 Å². The molecule has 0 radical (unpaired) electrons. The van der Waals surface area contributed by atoms with Gasteiger partial charge in [0.1, 0.15) is 0 Å². The molecule has 1 aromatic carbocycles. The summed E-state index contributed by atoms with van der Waals surface area (Å²) in [4.78, 5) is 0. The summed E-state index contributed by atoms with van der Waals surface area (Å²) < 4.78 is 1.29. The highest BCUT2D eigenvalue weighted by atomic mass is 127. The predicted molar refractivity (Wildman–Crippen MR) is 68.7 cm³/mol. The van der Waals surface area contributed by atoms with E-state index >= 15 is 0 Å². The highest BCUT2D eigenvalue weighted by molar-refractivity contribution is 14.1. The van der Waals surface area contributed by atoms with E-state index in [4.69, 9.17) is 0 Å². The molecule has 1 aliphatic rings. The number of halogens is 1. The Kier molecular flexibility index (Phi) is 3.64. The van der Waals surface area contributed by atoms with Gasteiger partial charge in [0.15, 0.2) is 0 Å². The predicted octanol–water partition coefficient (Wildman–Crippen LogP) is 2.46. The van der Waals surface area contributed by atoms with E-state index in [0.29, 0.717) is 6.04 Å². The van der Waals surface area contributed by atoms with Gasteiger partial charge in [-0.05, 0) is 54.1 Å². The average Bonchev–Trinajstić information content (AvgIpc) is 2.69. The van der Waals surface area contributed by atoms with Crippen LogP contribution in [0.2, 0.25) is 0 Å². The summed E-state index contributed by atoms with van der Waals surface area (Å²) in [6.45, 7) is 2.22. The zero-order chi connectivity index (χ0) is 9.80. The van der Waals surface area contributed by atoms with Gasteiger partial charge in [0.05, 0.1) is 0 Å². The van der Waals surface area contributed by atoms with Gasteiger partial charge in [-0.3, -0.25) is 0 Å². The number of anilines is 1. The summed E-state index contributed by atoms with van der Waals surface area (Å²) in [5.74, 6) is 0. The van der Waals surface area contributed by atoms with Crippen LogP contribution in [0, 0.1) is 3.57 Å². The van der Waals surface area contributed by atoms with Crippen molar-refractivity contribution in [2.45, 2.75) is 18.9 Å². The molecule has 0 saturated carbocycles. The van der Waals surface area contributed by atoms with Crippen molar-refractivity contribution in [3.63, 3.8) is 0 Å². The first-order valence-electron chi connectivity index (χ1n) is 5.08. The molecule has 0 amide bonds. The molecule has 1 unspecified atom stereocenters. The minimum absolute atomic E-state index is 0.658. The number of hydrogen-bond donors (Lipinski definition) is 2. The van der Waals surface area contributed by atoms with Crippen LogP contribution in [0.3, 0.4) is 0 Å². The lowest BCUT2D eigenvalue weighted by molar-refractivity contribution is 0.633. The standard InChI is InChI=1S/C11H15IN2/c12-10-5-1-2-6-11(10)14-8-9-4-3-7-13-9/h1-2,5-6,9,13-14H,3-4,7-8H2. The zero-order valence-electron chi connectivity index (χ0n) is 8.09. The molecular formula is C11H15IN2. The monoisotopic (exact) mass is 302 g/mol. The highest BCUT2D eigenvalue weighted by Gasteiger charge is 2.13. The fourth-order valence-corrected chi connectivity index (χ4v) is 2.35. The van der Waals surface area contributed by atoms with Crippen LogP contribution in [0.1, 0.15) is 12.8 Å². The molecular weight excluding hydrogens is 287 g/mol. The molecule has 1 aliphatic heterocycles. The summed E-state index contributed by atoms with van der Waals surface area (Å²) in [5.41, 5.74) is 1.25. The maximum absolute atomic E-state index is 3.48. The molecule has 2 rings (SSSR count). The van der Waals surface area contributed by atoms with E-state index in [1.54, 1.807) is 0 Å². The third-order valence-corrected chi connectivity index (χ3v) is 3.52. The van der Waals surface area contributed by atoms with Crippen LogP contribution in [0.5, 0.6) is 0 Å². The number of nitrogens with one attached hydrogen (secondary N) is 2. The lowest BCUT2D eigenvalue weighted by Crippen LogP contribution is -2.29. The molecule has 1 atom stereocenters. The Balaban J connectivity index is 1.88. The topological polar surface area (TPSA) is 24.1 Å². The second-order valence-corrected chi connectivity index (χ2v) is 4.82. The second kappa shape index (κ2) is 4.98. The SMILES string of the molecule is Ic1ccccc1NCC1CCCN1. The van der Waals surface area contributed by atoms with E-state index in [-0.39, 0.29) is 0 Å². The van der Waals surface area contributed by atoms with E-state index in [1.165, 1.54) is 28.6 Å². The highest BCUT2D eigenvalue weighted by Crippen LogP contribution is 2.17. The van der Waals surface area contributed by atoms with Gasteiger partial charge >= 0.3 is 0 Å². The van der Waals surface area contributed by atoms with Crippen LogP contribution >= 0.6 is 22.6 Å². The van der Waals surface area contributed by atoms with Crippen LogP contribution in [-0.4, -0.2) is 19.1 Å². The number of hydrogen-bond acceptors (Lipinski definition) is 2. The van der Waals surface area contributed by atoms with Gasteiger partial charge in [0.25, 0.3) is 0 Å². The number of rotatable bonds is 3. The molecule has 2 nitrogen and oxygen atoms in total. The van der Waals surface area contributed by atoms with Gasteiger partial charge in [-0.15, -0.1) is 0 Å². The molecule has 3 heteroatoms. The molecule has 1 heterocycles. The molecule has 2 N–H and O–H groups in total. The van der Waals surface area contributed by atoms with Crippen molar-refractivity contribution in [3.05, 3.63) is 27.8 Å². The Bertz CT molecular complexity index is 295. The molecule has 14 heavy (non-hydrogen) atoms. The summed E-state index contributed by atoms with van der Waals surface area (Å²) in [5, 5.41) is 6.97.